The Morgan fingerprint density at radius 3 is 2.78 bits per heavy atom. The number of pyridine rings is 1. The number of hydrogen-bond donors (Lipinski definition) is 1. The van der Waals surface area contributed by atoms with E-state index in [0.717, 1.165) is 23.2 Å². The van der Waals surface area contributed by atoms with Crippen LogP contribution in [0.15, 0.2) is 20.1 Å². The number of aromatic amines is 1. The smallest absolute Gasteiger partial charge is 0.285 e. The van der Waals surface area contributed by atoms with Gasteiger partial charge in [-0.3, -0.25) is 4.79 Å². The topological polar surface area (TPSA) is 71.8 Å². The average Bonchev–Trinajstić information content (AvgIpc) is 2.86. The Balaban J connectivity index is 2.20. The number of aryl methyl sites for hydroxylation is 1. The van der Waals surface area contributed by atoms with E-state index in [2.05, 4.69) is 38.0 Å². The van der Waals surface area contributed by atoms with Crippen LogP contribution in [0.3, 0.4) is 0 Å². The Kier molecular flexibility index (Phi) is 2.62. The van der Waals surface area contributed by atoms with Crippen molar-refractivity contribution in [3.63, 3.8) is 0 Å². The fourth-order valence-electron chi connectivity index (χ4n) is 2.35. The summed E-state index contributed by atoms with van der Waals surface area (Å²) in [5.41, 5.74) is 2.57. The molecule has 2 atom stereocenters. The van der Waals surface area contributed by atoms with Gasteiger partial charge in [0.15, 0.2) is 0 Å². The van der Waals surface area contributed by atoms with Crippen molar-refractivity contribution >= 4 is 15.9 Å². The summed E-state index contributed by atoms with van der Waals surface area (Å²) in [4.78, 5) is 14.7. The first-order chi connectivity index (χ1) is 8.56. The van der Waals surface area contributed by atoms with Crippen LogP contribution in [0.4, 0.5) is 0 Å². The highest BCUT2D eigenvalue weighted by Gasteiger charge is 2.37. The van der Waals surface area contributed by atoms with Gasteiger partial charge < -0.3 is 9.40 Å². The van der Waals surface area contributed by atoms with Crippen molar-refractivity contribution in [1.82, 2.24) is 15.2 Å². The molecule has 94 valence electrons. The number of H-pyrrole nitrogens is 1. The van der Waals surface area contributed by atoms with Gasteiger partial charge in [0.25, 0.3) is 10.7 Å². The predicted molar refractivity (Wildman–Crippen MR) is 69.3 cm³/mol. The van der Waals surface area contributed by atoms with Crippen LogP contribution >= 0.6 is 15.9 Å². The van der Waals surface area contributed by atoms with E-state index in [1.165, 1.54) is 0 Å². The van der Waals surface area contributed by atoms with E-state index in [0.29, 0.717) is 22.5 Å². The van der Waals surface area contributed by atoms with Gasteiger partial charge in [-0.2, -0.15) is 0 Å². The second-order valence-corrected chi connectivity index (χ2v) is 5.45. The summed E-state index contributed by atoms with van der Waals surface area (Å²) < 4.78 is 5.42. The van der Waals surface area contributed by atoms with Crippen LogP contribution < -0.4 is 5.56 Å². The molecule has 1 aliphatic rings. The monoisotopic (exact) mass is 309 g/mol. The first-order valence-electron chi connectivity index (χ1n) is 5.79. The summed E-state index contributed by atoms with van der Waals surface area (Å²) in [6, 6.07) is 1.65. The highest BCUT2D eigenvalue weighted by molar-refractivity contribution is 9.10. The Hall–Kier alpha value is -1.43. The van der Waals surface area contributed by atoms with E-state index in [1.807, 2.05) is 6.92 Å². The lowest BCUT2D eigenvalue weighted by Crippen LogP contribution is -2.10. The maximum Gasteiger partial charge on any atom is 0.285 e. The highest BCUT2D eigenvalue weighted by atomic mass is 79.9. The zero-order valence-electron chi connectivity index (χ0n) is 10.0. The summed E-state index contributed by atoms with van der Waals surface area (Å²) in [5, 5.41) is 7.79. The van der Waals surface area contributed by atoms with E-state index in [-0.39, 0.29) is 5.56 Å². The van der Waals surface area contributed by atoms with Gasteiger partial charge in [0.1, 0.15) is 0 Å². The minimum Gasteiger partial charge on any atom is -0.411 e. The molecule has 6 heteroatoms. The molecule has 0 spiro atoms. The lowest BCUT2D eigenvalue weighted by Gasteiger charge is -2.08. The van der Waals surface area contributed by atoms with Gasteiger partial charge in [0.2, 0.25) is 5.56 Å². The number of nitrogens with zero attached hydrogens (tertiary/aromatic N) is 2. The molecule has 0 bridgehead atoms. The van der Waals surface area contributed by atoms with Crippen LogP contribution in [0.25, 0.3) is 11.5 Å². The molecular weight excluding hydrogens is 298 g/mol. The van der Waals surface area contributed by atoms with Gasteiger partial charge in [-0.1, -0.05) is 6.92 Å². The highest BCUT2D eigenvalue weighted by Crippen LogP contribution is 2.49. The lowest BCUT2D eigenvalue weighted by molar-refractivity contribution is 0.539. The average molecular weight is 310 g/mol. The van der Waals surface area contributed by atoms with Crippen LogP contribution in [0.1, 0.15) is 30.5 Å². The van der Waals surface area contributed by atoms with Crippen LogP contribution in [0.5, 0.6) is 0 Å². The molecule has 0 aliphatic heterocycles. The Labute approximate surface area is 112 Å². The molecule has 1 aliphatic carbocycles. The van der Waals surface area contributed by atoms with Crippen molar-refractivity contribution in [3.8, 4) is 11.5 Å². The van der Waals surface area contributed by atoms with Gasteiger partial charge in [-0.15, -0.1) is 10.2 Å². The third-order valence-corrected chi connectivity index (χ3v) is 3.70. The van der Waals surface area contributed by atoms with Crippen molar-refractivity contribution in [2.45, 2.75) is 26.2 Å². The third kappa shape index (κ3) is 1.90. The largest absolute Gasteiger partial charge is 0.411 e. The number of aromatic nitrogens is 3. The molecule has 2 aromatic heterocycles. The molecular formula is C12H12BrN3O2. The number of halogens is 1. The lowest BCUT2D eigenvalue weighted by atomic mass is 10.0. The molecule has 0 saturated heterocycles. The number of hydrogen-bond acceptors (Lipinski definition) is 4. The maximum absolute atomic E-state index is 11.6. The second kappa shape index (κ2) is 4.05. The summed E-state index contributed by atoms with van der Waals surface area (Å²) in [7, 11) is 0. The van der Waals surface area contributed by atoms with Crippen molar-refractivity contribution in [3.05, 3.63) is 32.5 Å². The van der Waals surface area contributed by atoms with E-state index < -0.39 is 0 Å². The van der Waals surface area contributed by atoms with E-state index in [4.69, 9.17) is 4.42 Å². The molecule has 3 rings (SSSR count). The van der Waals surface area contributed by atoms with E-state index in [1.54, 1.807) is 6.07 Å². The van der Waals surface area contributed by atoms with E-state index >= 15 is 0 Å². The summed E-state index contributed by atoms with van der Waals surface area (Å²) in [5.74, 6) is 1.48. The molecule has 0 radical (unpaired) electrons. The quantitative estimate of drug-likeness (QED) is 0.925. The standard InChI is InChI=1S/C12H12BrN3O2/c1-5-3-7(5)8-4-9(17)14-6(2)10(8)11-15-16-12(13)18-11/h4-5,7H,3H2,1-2H3,(H,14,17)/t5?,7-/m0/s1. The second-order valence-electron chi connectivity index (χ2n) is 4.77. The predicted octanol–water partition coefficient (Wildman–Crippen LogP) is 2.62. The molecule has 1 saturated carbocycles. The van der Waals surface area contributed by atoms with Gasteiger partial charge in [-0.05, 0) is 30.7 Å². The Bertz CT molecular complexity index is 662. The van der Waals surface area contributed by atoms with Crippen LogP contribution in [-0.2, 0) is 0 Å². The van der Waals surface area contributed by atoms with Gasteiger partial charge in [0, 0.05) is 27.7 Å². The molecule has 18 heavy (non-hydrogen) atoms. The first kappa shape index (κ1) is 11.6. The van der Waals surface area contributed by atoms with Crippen LogP contribution in [0.2, 0.25) is 0 Å². The fourth-order valence-corrected chi connectivity index (χ4v) is 2.58. The fraction of sp³-hybridized carbons (Fsp3) is 0.417. The molecule has 0 amide bonds. The molecule has 2 heterocycles. The van der Waals surface area contributed by atoms with E-state index in [9.17, 15) is 4.79 Å². The molecule has 1 fully saturated rings. The molecule has 5 nitrogen and oxygen atoms in total. The minimum atomic E-state index is -0.0797. The summed E-state index contributed by atoms with van der Waals surface area (Å²) in [6.07, 6.45) is 1.10. The molecule has 1 unspecified atom stereocenters. The molecule has 1 N–H and O–H groups in total. The SMILES string of the molecule is Cc1[nH]c(=O)cc([C@H]2CC2C)c1-c1nnc(Br)o1. The zero-order valence-corrected chi connectivity index (χ0v) is 11.6. The zero-order chi connectivity index (χ0) is 12.9. The van der Waals surface area contributed by atoms with Crippen LogP contribution in [-0.4, -0.2) is 15.2 Å². The summed E-state index contributed by atoms with van der Waals surface area (Å²) in [6.45, 7) is 4.03. The number of rotatable bonds is 2. The van der Waals surface area contributed by atoms with Gasteiger partial charge in [0.05, 0.1) is 5.56 Å². The van der Waals surface area contributed by atoms with Crippen molar-refractivity contribution in [2.75, 3.05) is 0 Å². The molecule has 2 aromatic rings. The first-order valence-corrected chi connectivity index (χ1v) is 6.58. The third-order valence-electron chi connectivity index (χ3n) is 3.38. The van der Waals surface area contributed by atoms with Crippen molar-refractivity contribution in [1.29, 1.82) is 0 Å². The molecule has 0 aromatic carbocycles. The number of nitrogens with one attached hydrogen (secondary N) is 1. The Morgan fingerprint density at radius 1 is 1.50 bits per heavy atom. The van der Waals surface area contributed by atoms with Gasteiger partial charge >= 0.3 is 0 Å². The van der Waals surface area contributed by atoms with Gasteiger partial charge in [-0.25, -0.2) is 0 Å². The van der Waals surface area contributed by atoms with Crippen molar-refractivity contribution in [2.24, 2.45) is 5.92 Å². The summed E-state index contributed by atoms with van der Waals surface area (Å²) >= 11 is 3.15. The minimum absolute atomic E-state index is 0.0797. The maximum atomic E-state index is 11.6. The van der Waals surface area contributed by atoms with Crippen molar-refractivity contribution < 1.29 is 4.42 Å². The normalized spacial score (nSPS) is 22.2. The van der Waals surface area contributed by atoms with Crippen LogP contribution in [0, 0.1) is 12.8 Å². The Morgan fingerprint density at radius 2 is 2.22 bits per heavy atom.